The van der Waals surface area contributed by atoms with Crippen LogP contribution in [-0.2, 0) is 6.42 Å². The van der Waals surface area contributed by atoms with E-state index in [1.165, 1.54) is 0 Å². The minimum absolute atomic E-state index is 0.704. The second-order valence-corrected chi connectivity index (χ2v) is 5.50. The largest absolute Gasteiger partial charge is 0.369 e. The third kappa shape index (κ3) is 4.63. The van der Waals surface area contributed by atoms with Crippen molar-refractivity contribution < 1.29 is 0 Å². The molecule has 1 aromatic heterocycles. The lowest BCUT2D eigenvalue weighted by atomic mass is 10.1. The molecule has 0 aromatic carbocycles. The fourth-order valence-corrected chi connectivity index (χ4v) is 1.76. The molecule has 90 valence electrons. The van der Waals surface area contributed by atoms with Crippen molar-refractivity contribution in [2.45, 2.75) is 40.0 Å². The van der Waals surface area contributed by atoms with Gasteiger partial charge in [-0.2, -0.15) is 0 Å². The molecule has 4 heteroatoms. The monoisotopic (exact) mass is 333 g/mol. The Kier molecular flexibility index (Phi) is 6.01. The van der Waals surface area contributed by atoms with Crippen molar-refractivity contribution in [2.24, 2.45) is 5.92 Å². The molecular weight excluding hydrogens is 313 g/mol. The maximum absolute atomic E-state index is 4.55. The smallest absolute Gasteiger partial charge is 0.143 e. The normalized spacial score (nSPS) is 10.8. The van der Waals surface area contributed by atoms with E-state index in [9.17, 15) is 0 Å². The zero-order valence-corrected chi connectivity index (χ0v) is 12.4. The molecule has 0 amide bonds. The first kappa shape index (κ1) is 13.7. The second-order valence-electron chi connectivity index (χ2n) is 4.34. The zero-order valence-electron chi connectivity index (χ0n) is 10.3. The molecule has 0 aliphatic carbocycles. The van der Waals surface area contributed by atoms with Crippen molar-refractivity contribution in [2.75, 3.05) is 11.9 Å². The van der Waals surface area contributed by atoms with Crippen LogP contribution in [0.4, 0.5) is 5.82 Å². The Labute approximate surface area is 112 Å². The van der Waals surface area contributed by atoms with Crippen molar-refractivity contribution in [1.82, 2.24) is 9.97 Å². The van der Waals surface area contributed by atoms with Gasteiger partial charge in [-0.05, 0) is 41.4 Å². The number of nitrogens with one attached hydrogen (secondary N) is 1. The lowest BCUT2D eigenvalue weighted by molar-refractivity contribution is 0.574. The van der Waals surface area contributed by atoms with Crippen LogP contribution in [-0.4, -0.2) is 16.5 Å². The molecule has 0 atom stereocenters. The van der Waals surface area contributed by atoms with Gasteiger partial charge in [-0.3, -0.25) is 0 Å². The highest BCUT2D eigenvalue weighted by Gasteiger charge is 2.05. The Morgan fingerprint density at radius 3 is 2.81 bits per heavy atom. The Balaban J connectivity index is 2.65. The van der Waals surface area contributed by atoms with Gasteiger partial charge < -0.3 is 5.32 Å². The van der Waals surface area contributed by atoms with Gasteiger partial charge in [0, 0.05) is 19.2 Å². The molecule has 0 saturated heterocycles. The van der Waals surface area contributed by atoms with Crippen LogP contribution >= 0.6 is 22.6 Å². The van der Waals surface area contributed by atoms with E-state index in [0.29, 0.717) is 5.92 Å². The summed E-state index contributed by atoms with van der Waals surface area (Å²) in [6.07, 6.45) is 5.13. The van der Waals surface area contributed by atoms with Crippen molar-refractivity contribution in [3.8, 4) is 0 Å². The van der Waals surface area contributed by atoms with Crippen LogP contribution in [0.1, 0.15) is 39.4 Å². The maximum Gasteiger partial charge on any atom is 0.143 e. The molecule has 0 aliphatic rings. The second kappa shape index (κ2) is 7.04. The number of hydrogen-bond acceptors (Lipinski definition) is 3. The molecule has 1 heterocycles. The summed E-state index contributed by atoms with van der Waals surface area (Å²) in [7, 11) is 0. The van der Waals surface area contributed by atoms with E-state index in [2.05, 4.69) is 58.6 Å². The van der Waals surface area contributed by atoms with E-state index in [-0.39, 0.29) is 0 Å². The van der Waals surface area contributed by atoms with E-state index in [4.69, 9.17) is 0 Å². The summed E-state index contributed by atoms with van der Waals surface area (Å²) >= 11 is 2.27. The van der Waals surface area contributed by atoms with Gasteiger partial charge in [0.15, 0.2) is 0 Å². The molecular formula is C12H20IN3. The van der Waals surface area contributed by atoms with Crippen molar-refractivity contribution in [1.29, 1.82) is 0 Å². The molecule has 0 bridgehead atoms. The van der Waals surface area contributed by atoms with Gasteiger partial charge in [-0.15, -0.1) is 0 Å². The summed E-state index contributed by atoms with van der Waals surface area (Å²) < 4.78 is 1.10. The standard InChI is InChI=1S/C12H20IN3/c1-4-7-14-12-10(13)8-15-11(16-12)6-5-9(2)3/h8-9H,4-7H2,1-3H3,(H,14,15,16). The van der Waals surface area contributed by atoms with Crippen LogP contribution < -0.4 is 5.32 Å². The number of nitrogens with zero attached hydrogens (tertiary/aromatic N) is 2. The van der Waals surface area contributed by atoms with Gasteiger partial charge in [0.25, 0.3) is 0 Å². The number of anilines is 1. The van der Waals surface area contributed by atoms with E-state index in [0.717, 1.165) is 41.0 Å². The third-order valence-electron chi connectivity index (χ3n) is 2.28. The predicted octanol–water partition coefficient (Wildman–Crippen LogP) is 3.49. The number of halogens is 1. The van der Waals surface area contributed by atoms with Crippen molar-refractivity contribution in [3.63, 3.8) is 0 Å². The number of aryl methyl sites for hydroxylation is 1. The van der Waals surface area contributed by atoms with Gasteiger partial charge in [0.2, 0.25) is 0 Å². The minimum Gasteiger partial charge on any atom is -0.369 e. The Morgan fingerprint density at radius 1 is 1.44 bits per heavy atom. The van der Waals surface area contributed by atoms with Crippen LogP contribution in [0.3, 0.4) is 0 Å². The average Bonchev–Trinajstić information content (AvgIpc) is 2.26. The SMILES string of the molecule is CCCNc1nc(CCC(C)C)ncc1I. The third-order valence-corrected chi connectivity index (χ3v) is 3.07. The Hall–Kier alpha value is -0.390. The van der Waals surface area contributed by atoms with Crippen LogP contribution in [0, 0.1) is 9.49 Å². The lowest BCUT2D eigenvalue weighted by Gasteiger charge is -2.08. The number of hydrogen-bond donors (Lipinski definition) is 1. The molecule has 1 rings (SSSR count). The number of aromatic nitrogens is 2. The lowest BCUT2D eigenvalue weighted by Crippen LogP contribution is -2.07. The van der Waals surface area contributed by atoms with E-state index in [1.807, 2.05) is 6.20 Å². The van der Waals surface area contributed by atoms with Gasteiger partial charge in [-0.1, -0.05) is 20.8 Å². The predicted molar refractivity (Wildman–Crippen MR) is 76.7 cm³/mol. The van der Waals surface area contributed by atoms with Crippen LogP contribution in [0.15, 0.2) is 6.20 Å². The maximum atomic E-state index is 4.55. The van der Waals surface area contributed by atoms with Gasteiger partial charge in [0.1, 0.15) is 11.6 Å². The van der Waals surface area contributed by atoms with Gasteiger partial charge in [0.05, 0.1) is 3.57 Å². The first-order chi connectivity index (χ1) is 7.63. The highest BCUT2D eigenvalue weighted by molar-refractivity contribution is 14.1. The molecule has 0 fully saturated rings. The van der Waals surface area contributed by atoms with Gasteiger partial charge >= 0.3 is 0 Å². The summed E-state index contributed by atoms with van der Waals surface area (Å²) in [5.74, 6) is 2.64. The highest BCUT2D eigenvalue weighted by atomic mass is 127. The van der Waals surface area contributed by atoms with Gasteiger partial charge in [-0.25, -0.2) is 9.97 Å². The molecule has 0 spiro atoms. The zero-order chi connectivity index (χ0) is 12.0. The number of rotatable bonds is 6. The summed E-state index contributed by atoms with van der Waals surface area (Å²) in [5.41, 5.74) is 0. The minimum atomic E-state index is 0.704. The molecule has 0 radical (unpaired) electrons. The molecule has 1 N–H and O–H groups in total. The molecule has 1 aromatic rings. The first-order valence-corrected chi connectivity index (χ1v) is 6.96. The topological polar surface area (TPSA) is 37.8 Å². The van der Waals surface area contributed by atoms with E-state index < -0.39 is 0 Å². The Bertz CT molecular complexity index is 326. The summed E-state index contributed by atoms with van der Waals surface area (Å²) in [6, 6.07) is 0. The first-order valence-electron chi connectivity index (χ1n) is 5.88. The van der Waals surface area contributed by atoms with E-state index >= 15 is 0 Å². The fourth-order valence-electron chi connectivity index (χ4n) is 1.31. The summed E-state index contributed by atoms with van der Waals surface area (Å²) in [5, 5.41) is 3.33. The summed E-state index contributed by atoms with van der Waals surface area (Å²) in [6.45, 7) is 7.57. The molecule has 3 nitrogen and oxygen atoms in total. The molecule has 0 saturated carbocycles. The summed E-state index contributed by atoms with van der Waals surface area (Å²) in [4.78, 5) is 8.91. The molecule has 0 unspecified atom stereocenters. The quantitative estimate of drug-likeness (QED) is 0.810. The highest BCUT2D eigenvalue weighted by Crippen LogP contribution is 2.15. The van der Waals surface area contributed by atoms with Crippen molar-refractivity contribution >= 4 is 28.4 Å². The molecule has 16 heavy (non-hydrogen) atoms. The van der Waals surface area contributed by atoms with Crippen molar-refractivity contribution in [3.05, 3.63) is 15.6 Å². The Morgan fingerprint density at radius 2 is 2.19 bits per heavy atom. The van der Waals surface area contributed by atoms with E-state index in [1.54, 1.807) is 0 Å². The average molecular weight is 333 g/mol. The fraction of sp³-hybridized carbons (Fsp3) is 0.667. The molecule has 0 aliphatic heterocycles. The van der Waals surface area contributed by atoms with Crippen LogP contribution in [0.25, 0.3) is 0 Å². The van der Waals surface area contributed by atoms with Crippen LogP contribution in [0.5, 0.6) is 0 Å². The van der Waals surface area contributed by atoms with Crippen LogP contribution in [0.2, 0.25) is 0 Å².